The second-order valence-corrected chi connectivity index (χ2v) is 13.7. The maximum Gasteiger partial charge on any atom is 0.212 e. The van der Waals surface area contributed by atoms with E-state index in [1.807, 2.05) is 0 Å². The lowest BCUT2D eigenvalue weighted by Crippen LogP contribution is -2.45. The van der Waals surface area contributed by atoms with Crippen molar-refractivity contribution >= 4 is 13.3 Å². The van der Waals surface area contributed by atoms with E-state index in [0.29, 0.717) is 0 Å². The van der Waals surface area contributed by atoms with Crippen molar-refractivity contribution in [2.24, 2.45) is 7.05 Å². The van der Waals surface area contributed by atoms with Crippen LogP contribution >= 0.6 is 0 Å². The van der Waals surface area contributed by atoms with Crippen LogP contribution in [0.25, 0.3) is 11.3 Å². The van der Waals surface area contributed by atoms with Gasteiger partial charge in [0.1, 0.15) is 7.05 Å². The molecule has 2 heteroatoms. The molecule has 24 heavy (non-hydrogen) atoms. The van der Waals surface area contributed by atoms with Crippen LogP contribution in [0.3, 0.4) is 0 Å². The van der Waals surface area contributed by atoms with Crippen LogP contribution < -0.4 is 9.75 Å². The van der Waals surface area contributed by atoms with E-state index in [2.05, 4.69) is 75.6 Å². The lowest BCUT2D eigenvalue weighted by Gasteiger charge is -2.24. The maximum absolute atomic E-state index is 2.53. The van der Waals surface area contributed by atoms with Gasteiger partial charge in [0.05, 0.1) is 8.07 Å². The Bertz CT molecular complexity index is 749. The molecule has 1 aromatic carbocycles. The molecule has 0 saturated heterocycles. The number of nitrogens with zero attached hydrogens (tertiary/aromatic N) is 1. The lowest BCUT2D eigenvalue weighted by molar-refractivity contribution is -0.660. The zero-order chi connectivity index (χ0) is 17.5. The van der Waals surface area contributed by atoms with Crippen molar-refractivity contribution in [3.8, 4) is 11.3 Å². The van der Waals surface area contributed by atoms with E-state index in [-0.39, 0.29) is 0 Å². The third kappa shape index (κ3) is 3.35. The third-order valence-corrected chi connectivity index (χ3v) is 7.63. The second-order valence-electron chi connectivity index (χ2n) is 8.69. The van der Waals surface area contributed by atoms with Crippen LogP contribution in [0.15, 0.2) is 30.5 Å². The average Bonchev–Trinajstić information content (AvgIpc) is 3.02. The summed E-state index contributed by atoms with van der Waals surface area (Å²) in [6.07, 6.45) is 8.01. The maximum atomic E-state index is 2.53. The molecular formula is C22H32NSi+. The van der Waals surface area contributed by atoms with Gasteiger partial charge in [0.25, 0.3) is 0 Å². The minimum Gasteiger partial charge on any atom is -0.201 e. The van der Waals surface area contributed by atoms with E-state index in [0.717, 1.165) is 5.92 Å². The van der Waals surface area contributed by atoms with Crippen LogP contribution in [0, 0.1) is 13.8 Å². The number of aromatic nitrogens is 1. The van der Waals surface area contributed by atoms with Crippen molar-refractivity contribution in [2.45, 2.75) is 65.1 Å². The van der Waals surface area contributed by atoms with Crippen molar-refractivity contribution in [1.82, 2.24) is 0 Å². The number of hydrogen-bond acceptors (Lipinski definition) is 0. The molecule has 1 aromatic heterocycles. The fourth-order valence-corrected chi connectivity index (χ4v) is 5.87. The first-order valence-corrected chi connectivity index (χ1v) is 12.9. The molecular weight excluding hydrogens is 306 g/mol. The number of pyridine rings is 1. The average molecular weight is 339 g/mol. The Morgan fingerprint density at radius 2 is 1.67 bits per heavy atom. The number of benzene rings is 1. The Labute approximate surface area is 148 Å². The van der Waals surface area contributed by atoms with E-state index in [1.54, 1.807) is 10.8 Å². The first kappa shape index (κ1) is 17.4. The first-order valence-electron chi connectivity index (χ1n) is 9.39. The van der Waals surface area contributed by atoms with Crippen LogP contribution in [0.1, 0.15) is 48.3 Å². The topological polar surface area (TPSA) is 3.88 Å². The quantitative estimate of drug-likeness (QED) is 0.548. The normalized spacial score (nSPS) is 15.9. The van der Waals surface area contributed by atoms with E-state index in [4.69, 9.17) is 0 Å². The molecule has 1 aliphatic carbocycles. The molecule has 1 saturated carbocycles. The van der Waals surface area contributed by atoms with Gasteiger partial charge in [0, 0.05) is 17.2 Å². The number of rotatable bonds is 3. The predicted octanol–water partition coefficient (Wildman–Crippen LogP) is 5.00. The van der Waals surface area contributed by atoms with Gasteiger partial charge in [-0.1, -0.05) is 50.2 Å². The standard InChI is InChI=1S/C22H32NSi/c1-16-11-12-17(2)19(13-16)21-14-22(24(4,5)6)20(15-23(21)3)18-9-7-8-10-18/h11-15,18H,7-10H2,1-6H3/q+1. The molecule has 0 bridgehead atoms. The molecule has 1 fully saturated rings. The van der Waals surface area contributed by atoms with Gasteiger partial charge in [-0.3, -0.25) is 0 Å². The van der Waals surface area contributed by atoms with Crippen LogP contribution in [0.2, 0.25) is 19.6 Å². The highest BCUT2D eigenvalue weighted by Gasteiger charge is 2.30. The molecule has 0 radical (unpaired) electrons. The fraction of sp³-hybridized carbons (Fsp3) is 0.500. The largest absolute Gasteiger partial charge is 0.212 e. The Balaban J connectivity index is 2.20. The lowest BCUT2D eigenvalue weighted by atomic mass is 9.96. The summed E-state index contributed by atoms with van der Waals surface area (Å²) in [5.41, 5.74) is 7.10. The molecule has 0 atom stereocenters. The van der Waals surface area contributed by atoms with Crippen molar-refractivity contribution in [3.05, 3.63) is 47.2 Å². The molecule has 128 valence electrons. The Morgan fingerprint density at radius 3 is 2.29 bits per heavy atom. The van der Waals surface area contributed by atoms with Crippen molar-refractivity contribution < 1.29 is 4.57 Å². The number of hydrogen-bond donors (Lipinski definition) is 0. The highest BCUT2D eigenvalue weighted by atomic mass is 28.3. The Morgan fingerprint density at radius 1 is 1.00 bits per heavy atom. The van der Waals surface area contributed by atoms with Crippen LogP contribution in [0.5, 0.6) is 0 Å². The third-order valence-electron chi connectivity index (χ3n) is 5.58. The molecule has 3 rings (SSSR count). The molecule has 0 unspecified atom stereocenters. The van der Waals surface area contributed by atoms with Crippen molar-refractivity contribution in [1.29, 1.82) is 0 Å². The SMILES string of the molecule is Cc1ccc(C)c(-c2cc([Si](C)(C)C)c(C3CCCC3)c[n+]2C)c1. The molecule has 0 N–H and O–H groups in total. The van der Waals surface area contributed by atoms with E-state index < -0.39 is 8.07 Å². The van der Waals surface area contributed by atoms with Gasteiger partial charge in [0.15, 0.2) is 6.20 Å². The molecule has 0 spiro atoms. The van der Waals surface area contributed by atoms with E-state index >= 15 is 0 Å². The zero-order valence-corrected chi connectivity index (χ0v) is 17.2. The van der Waals surface area contributed by atoms with E-state index in [9.17, 15) is 0 Å². The van der Waals surface area contributed by atoms with Gasteiger partial charge in [-0.2, -0.15) is 0 Å². The van der Waals surface area contributed by atoms with Crippen LogP contribution in [-0.2, 0) is 7.05 Å². The highest BCUT2D eigenvalue weighted by Crippen LogP contribution is 2.34. The van der Waals surface area contributed by atoms with Crippen LogP contribution in [-0.4, -0.2) is 8.07 Å². The van der Waals surface area contributed by atoms with Gasteiger partial charge in [0.2, 0.25) is 5.69 Å². The zero-order valence-electron chi connectivity index (χ0n) is 16.2. The molecule has 1 heterocycles. The Kier molecular flexibility index (Phi) is 4.70. The van der Waals surface area contributed by atoms with Crippen molar-refractivity contribution in [2.75, 3.05) is 0 Å². The summed E-state index contributed by atoms with van der Waals surface area (Å²) in [5, 5.41) is 1.67. The minimum atomic E-state index is -1.38. The van der Waals surface area contributed by atoms with Crippen molar-refractivity contribution in [3.63, 3.8) is 0 Å². The second kappa shape index (κ2) is 6.48. The smallest absolute Gasteiger partial charge is 0.201 e. The molecule has 2 aromatic rings. The number of aryl methyl sites for hydroxylation is 3. The van der Waals surface area contributed by atoms with Crippen LogP contribution in [0.4, 0.5) is 0 Å². The summed E-state index contributed by atoms with van der Waals surface area (Å²) in [6.45, 7) is 11.9. The van der Waals surface area contributed by atoms with Gasteiger partial charge < -0.3 is 0 Å². The highest BCUT2D eigenvalue weighted by molar-refractivity contribution is 6.89. The molecule has 1 nitrogen and oxygen atoms in total. The first-order chi connectivity index (χ1) is 11.3. The Hall–Kier alpha value is -1.41. The fourth-order valence-electron chi connectivity index (χ4n) is 4.16. The summed E-state index contributed by atoms with van der Waals surface area (Å²) >= 11 is 0. The van der Waals surface area contributed by atoms with Gasteiger partial charge >= 0.3 is 0 Å². The predicted molar refractivity (Wildman–Crippen MR) is 107 cm³/mol. The van der Waals surface area contributed by atoms with Gasteiger partial charge in [-0.05, 0) is 49.4 Å². The minimum absolute atomic E-state index is 0.783. The summed E-state index contributed by atoms with van der Waals surface area (Å²) in [7, 11) is 0.849. The molecule has 1 aliphatic rings. The monoisotopic (exact) mass is 338 g/mol. The van der Waals surface area contributed by atoms with E-state index in [1.165, 1.54) is 48.1 Å². The molecule has 0 aliphatic heterocycles. The summed E-state index contributed by atoms with van der Waals surface area (Å²) in [4.78, 5) is 0. The van der Waals surface area contributed by atoms with Gasteiger partial charge in [-0.25, -0.2) is 4.57 Å². The molecule has 0 amide bonds. The summed E-state index contributed by atoms with van der Waals surface area (Å²) in [6, 6.07) is 9.34. The summed E-state index contributed by atoms with van der Waals surface area (Å²) in [5.74, 6) is 0.783. The summed E-state index contributed by atoms with van der Waals surface area (Å²) < 4.78 is 2.37. The van der Waals surface area contributed by atoms with Gasteiger partial charge in [-0.15, -0.1) is 0 Å².